The minimum atomic E-state index is -0.434. The zero-order valence-electron chi connectivity index (χ0n) is 25.3. The van der Waals surface area contributed by atoms with Crippen LogP contribution in [-0.4, -0.2) is 9.38 Å². The van der Waals surface area contributed by atoms with Crippen LogP contribution in [0.3, 0.4) is 0 Å². The smallest absolute Gasteiger partial charge is 0.146 e. The number of hydrogen-bond donors (Lipinski definition) is 0. The zero-order chi connectivity index (χ0) is 30.8. The Morgan fingerprint density at radius 1 is 0.543 bits per heavy atom. The predicted octanol–water partition coefficient (Wildman–Crippen LogP) is 11.0. The van der Waals surface area contributed by atoms with Gasteiger partial charge in [-0.2, -0.15) is 0 Å². The van der Waals surface area contributed by atoms with Gasteiger partial charge in [-0.15, -0.1) is 0 Å². The van der Waals surface area contributed by atoms with E-state index in [0.717, 1.165) is 44.3 Å². The molecule has 1 aliphatic carbocycles. The molecule has 2 heterocycles. The van der Waals surface area contributed by atoms with Crippen molar-refractivity contribution in [3.05, 3.63) is 192 Å². The van der Waals surface area contributed by atoms with E-state index in [0.29, 0.717) is 0 Å². The van der Waals surface area contributed by atoms with Gasteiger partial charge >= 0.3 is 0 Å². The minimum absolute atomic E-state index is 0.434. The summed E-state index contributed by atoms with van der Waals surface area (Å²) in [5.74, 6) is 0. The third kappa shape index (κ3) is 3.50. The van der Waals surface area contributed by atoms with Crippen molar-refractivity contribution in [2.75, 3.05) is 0 Å². The van der Waals surface area contributed by atoms with Crippen LogP contribution >= 0.6 is 0 Å². The van der Waals surface area contributed by atoms with Crippen LogP contribution in [0.2, 0.25) is 0 Å². The van der Waals surface area contributed by atoms with Crippen LogP contribution in [0.4, 0.5) is 0 Å². The normalized spacial score (nSPS) is 13.1. The lowest BCUT2D eigenvalue weighted by molar-refractivity contribution is 0.769. The van der Waals surface area contributed by atoms with E-state index in [2.05, 4.69) is 163 Å². The van der Waals surface area contributed by atoms with Crippen molar-refractivity contribution in [2.45, 2.75) is 5.41 Å². The molecular formula is C44H30N2. The van der Waals surface area contributed by atoms with Crippen LogP contribution < -0.4 is 0 Å². The second-order valence-electron chi connectivity index (χ2n) is 12.0. The number of imidazole rings is 1. The average molecular weight is 587 g/mol. The number of pyridine rings is 1. The van der Waals surface area contributed by atoms with Crippen LogP contribution in [0.1, 0.15) is 33.5 Å². The summed E-state index contributed by atoms with van der Waals surface area (Å²) in [6.45, 7) is 8.30. The third-order valence-electron chi connectivity index (χ3n) is 9.82. The molecule has 0 aliphatic heterocycles. The lowest BCUT2D eigenvalue weighted by atomic mass is 9.67. The summed E-state index contributed by atoms with van der Waals surface area (Å²) in [6, 6.07) is 52.8. The maximum atomic E-state index is 5.22. The van der Waals surface area contributed by atoms with Crippen molar-refractivity contribution >= 4 is 39.6 Å². The fourth-order valence-corrected chi connectivity index (χ4v) is 7.90. The van der Waals surface area contributed by atoms with Gasteiger partial charge in [0.15, 0.2) is 0 Å². The van der Waals surface area contributed by atoms with Crippen molar-refractivity contribution in [1.29, 1.82) is 0 Å². The highest BCUT2D eigenvalue weighted by atomic mass is 15.0. The second kappa shape index (κ2) is 10.0. The molecule has 0 amide bonds. The molecular weight excluding hydrogens is 556 g/mol. The summed E-state index contributed by atoms with van der Waals surface area (Å²) < 4.78 is 2.22. The van der Waals surface area contributed by atoms with E-state index in [4.69, 9.17) is 4.98 Å². The molecule has 0 bridgehead atoms. The largest absolute Gasteiger partial charge is 0.292 e. The molecule has 0 spiro atoms. The van der Waals surface area contributed by atoms with Gasteiger partial charge in [0.25, 0.3) is 0 Å². The molecule has 46 heavy (non-hydrogen) atoms. The SMILES string of the molecule is C=Cc1c(C=C)n2c3ccc(-c4ccc5c(c4)C(c4ccccc4)(c4ccccc4)c4ccccc4-5)cc3nc2c2ccccc12. The van der Waals surface area contributed by atoms with E-state index >= 15 is 0 Å². The quantitative estimate of drug-likeness (QED) is 0.196. The van der Waals surface area contributed by atoms with Crippen LogP contribution in [0.25, 0.3) is 61.9 Å². The summed E-state index contributed by atoms with van der Waals surface area (Å²) in [5.41, 5.74) is 14.6. The fraction of sp³-hybridized carbons (Fsp3) is 0.0227. The lowest BCUT2D eigenvalue weighted by Gasteiger charge is -2.34. The Kier molecular flexibility index (Phi) is 5.75. The molecule has 216 valence electrons. The molecule has 1 aliphatic rings. The Labute approximate surface area is 268 Å². The summed E-state index contributed by atoms with van der Waals surface area (Å²) >= 11 is 0. The maximum absolute atomic E-state index is 5.22. The number of hydrogen-bond acceptors (Lipinski definition) is 1. The first-order valence-corrected chi connectivity index (χ1v) is 15.7. The van der Waals surface area contributed by atoms with Gasteiger partial charge in [0.05, 0.1) is 22.1 Å². The van der Waals surface area contributed by atoms with E-state index in [9.17, 15) is 0 Å². The van der Waals surface area contributed by atoms with E-state index in [1.807, 2.05) is 12.2 Å². The lowest BCUT2D eigenvalue weighted by Crippen LogP contribution is -2.28. The Bertz CT molecular complexity index is 2460. The molecule has 2 aromatic heterocycles. The van der Waals surface area contributed by atoms with E-state index < -0.39 is 5.41 Å². The van der Waals surface area contributed by atoms with Crippen LogP contribution in [0, 0.1) is 0 Å². The predicted molar refractivity (Wildman–Crippen MR) is 193 cm³/mol. The van der Waals surface area contributed by atoms with Gasteiger partial charge < -0.3 is 0 Å². The molecule has 6 aromatic carbocycles. The molecule has 8 aromatic rings. The highest BCUT2D eigenvalue weighted by Gasteiger charge is 2.46. The van der Waals surface area contributed by atoms with Gasteiger partial charge in [0, 0.05) is 10.9 Å². The fourth-order valence-electron chi connectivity index (χ4n) is 7.90. The van der Waals surface area contributed by atoms with Gasteiger partial charge in [-0.1, -0.05) is 147 Å². The molecule has 0 N–H and O–H groups in total. The molecule has 2 nitrogen and oxygen atoms in total. The Morgan fingerprint density at radius 3 is 1.87 bits per heavy atom. The van der Waals surface area contributed by atoms with Gasteiger partial charge in [-0.25, -0.2) is 4.98 Å². The van der Waals surface area contributed by atoms with Crippen molar-refractivity contribution in [1.82, 2.24) is 9.38 Å². The Morgan fingerprint density at radius 2 is 1.15 bits per heavy atom. The first-order chi connectivity index (χ1) is 22.7. The molecule has 9 rings (SSSR count). The third-order valence-corrected chi connectivity index (χ3v) is 9.82. The Hall–Kier alpha value is -5.99. The number of fused-ring (bicyclic) bond motifs is 8. The topological polar surface area (TPSA) is 17.3 Å². The maximum Gasteiger partial charge on any atom is 0.146 e. The monoisotopic (exact) mass is 586 g/mol. The van der Waals surface area contributed by atoms with Crippen LogP contribution in [-0.2, 0) is 5.41 Å². The first kappa shape index (κ1) is 26.4. The zero-order valence-corrected chi connectivity index (χ0v) is 25.3. The molecule has 0 saturated carbocycles. The second-order valence-corrected chi connectivity index (χ2v) is 12.0. The Balaban J connectivity index is 1.31. The van der Waals surface area contributed by atoms with Crippen molar-refractivity contribution < 1.29 is 0 Å². The van der Waals surface area contributed by atoms with E-state index in [-0.39, 0.29) is 0 Å². The van der Waals surface area contributed by atoms with Gasteiger partial charge in [-0.05, 0) is 74.2 Å². The molecule has 2 heteroatoms. The average Bonchev–Trinajstić information content (AvgIpc) is 3.65. The summed E-state index contributed by atoms with van der Waals surface area (Å²) in [7, 11) is 0. The summed E-state index contributed by atoms with van der Waals surface area (Å²) in [5, 5.41) is 2.23. The summed E-state index contributed by atoms with van der Waals surface area (Å²) in [6.07, 6.45) is 3.84. The molecule has 0 fully saturated rings. The highest BCUT2D eigenvalue weighted by Crippen LogP contribution is 2.56. The molecule has 0 radical (unpaired) electrons. The van der Waals surface area contributed by atoms with Gasteiger partial charge in [-0.3, -0.25) is 4.40 Å². The van der Waals surface area contributed by atoms with Crippen LogP contribution in [0.15, 0.2) is 159 Å². The number of rotatable bonds is 5. The van der Waals surface area contributed by atoms with E-state index in [1.54, 1.807) is 0 Å². The highest BCUT2D eigenvalue weighted by molar-refractivity contribution is 6.04. The van der Waals surface area contributed by atoms with E-state index in [1.165, 1.54) is 38.9 Å². The minimum Gasteiger partial charge on any atom is -0.292 e. The van der Waals surface area contributed by atoms with Crippen molar-refractivity contribution in [2.24, 2.45) is 0 Å². The van der Waals surface area contributed by atoms with Gasteiger partial charge in [0.2, 0.25) is 0 Å². The van der Waals surface area contributed by atoms with Crippen LogP contribution in [0.5, 0.6) is 0 Å². The summed E-state index contributed by atoms with van der Waals surface area (Å²) in [4.78, 5) is 5.22. The number of nitrogens with zero attached hydrogens (tertiary/aromatic N) is 2. The van der Waals surface area contributed by atoms with Gasteiger partial charge in [0.1, 0.15) is 5.65 Å². The van der Waals surface area contributed by atoms with Crippen molar-refractivity contribution in [3.63, 3.8) is 0 Å². The first-order valence-electron chi connectivity index (χ1n) is 15.7. The molecule has 0 saturated heterocycles. The molecule has 0 unspecified atom stereocenters. The molecule has 0 atom stereocenters. The number of aromatic nitrogens is 2. The van der Waals surface area contributed by atoms with Crippen molar-refractivity contribution in [3.8, 4) is 22.3 Å². The standard InChI is InChI=1S/C44H30N2/c1-3-33-34-19-11-12-21-37(34)43-45-40-28-30(24-26-42(40)46(43)41(33)4-2)29-23-25-36-35-20-13-14-22-38(35)44(39(36)27-29,31-15-7-5-8-16-31)32-17-9-6-10-18-32/h3-28H,1-2H2. The number of benzene rings is 6.